The first-order chi connectivity index (χ1) is 11.8. The standard InChI is InChI=1S/C17H23N5O2/c23-9-2-6-19-17-21-15(13-4-7-18-8-5-13)11-16(22-17)20-12-14-3-1-10-24-14/h4-5,7-8,11,14,23H,1-3,6,9-10,12H2,(H2,19,20,21,22)/t14-/m1/s1. The molecule has 1 fully saturated rings. The molecule has 3 heterocycles. The third kappa shape index (κ3) is 4.62. The number of hydrogen-bond donors (Lipinski definition) is 3. The number of nitrogens with zero attached hydrogens (tertiary/aromatic N) is 3. The molecule has 0 amide bonds. The van der Waals surface area contributed by atoms with E-state index < -0.39 is 0 Å². The molecule has 0 aromatic carbocycles. The van der Waals surface area contributed by atoms with Gasteiger partial charge in [-0.25, -0.2) is 4.98 Å². The topological polar surface area (TPSA) is 92.2 Å². The summed E-state index contributed by atoms with van der Waals surface area (Å²) in [5.41, 5.74) is 1.81. The van der Waals surface area contributed by atoms with E-state index in [0.717, 1.165) is 43.1 Å². The van der Waals surface area contributed by atoms with Crippen molar-refractivity contribution < 1.29 is 9.84 Å². The normalized spacial score (nSPS) is 17.0. The predicted octanol–water partition coefficient (Wildman–Crippen LogP) is 1.92. The lowest BCUT2D eigenvalue weighted by Gasteiger charge is -2.14. The number of hydrogen-bond acceptors (Lipinski definition) is 7. The molecule has 2 aromatic heterocycles. The van der Waals surface area contributed by atoms with Crippen molar-refractivity contribution in [3.05, 3.63) is 30.6 Å². The van der Waals surface area contributed by atoms with Gasteiger partial charge in [-0.3, -0.25) is 4.98 Å². The van der Waals surface area contributed by atoms with Crippen molar-refractivity contribution in [1.29, 1.82) is 0 Å². The van der Waals surface area contributed by atoms with Gasteiger partial charge in [-0.2, -0.15) is 4.98 Å². The summed E-state index contributed by atoms with van der Waals surface area (Å²) in [6, 6.07) is 5.77. The summed E-state index contributed by atoms with van der Waals surface area (Å²) in [5.74, 6) is 1.31. The van der Waals surface area contributed by atoms with Crippen LogP contribution in [0.25, 0.3) is 11.3 Å². The monoisotopic (exact) mass is 329 g/mol. The summed E-state index contributed by atoms with van der Waals surface area (Å²) in [6.07, 6.45) is 6.59. The van der Waals surface area contributed by atoms with Crippen LogP contribution in [0.2, 0.25) is 0 Å². The lowest BCUT2D eigenvalue weighted by Crippen LogP contribution is -2.19. The number of aliphatic hydroxyl groups excluding tert-OH is 1. The molecule has 7 nitrogen and oxygen atoms in total. The Hall–Kier alpha value is -2.25. The first-order valence-corrected chi connectivity index (χ1v) is 8.35. The van der Waals surface area contributed by atoms with E-state index in [2.05, 4.69) is 25.6 Å². The van der Waals surface area contributed by atoms with E-state index in [1.165, 1.54) is 0 Å². The first-order valence-electron chi connectivity index (χ1n) is 8.35. The second-order valence-corrected chi connectivity index (χ2v) is 5.72. The molecule has 7 heteroatoms. The van der Waals surface area contributed by atoms with Crippen LogP contribution in [-0.2, 0) is 4.74 Å². The third-order valence-corrected chi connectivity index (χ3v) is 3.86. The summed E-state index contributed by atoms with van der Waals surface area (Å²) in [7, 11) is 0. The number of nitrogens with one attached hydrogen (secondary N) is 2. The Balaban J connectivity index is 1.76. The highest BCUT2D eigenvalue weighted by molar-refractivity contribution is 5.63. The van der Waals surface area contributed by atoms with Gasteiger partial charge in [0.15, 0.2) is 0 Å². The molecule has 3 N–H and O–H groups in total. The van der Waals surface area contributed by atoms with Crippen LogP contribution in [0, 0.1) is 0 Å². The zero-order chi connectivity index (χ0) is 16.6. The van der Waals surface area contributed by atoms with Crippen LogP contribution in [0.4, 0.5) is 11.8 Å². The van der Waals surface area contributed by atoms with E-state index in [9.17, 15) is 0 Å². The first kappa shape index (κ1) is 16.6. The van der Waals surface area contributed by atoms with Crippen LogP contribution < -0.4 is 10.6 Å². The maximum Gasteiger partial charge on any atom is 0.225 e. The molecule has 0 aliphatic carbocycles. The average Bonchev–Trinajstić information content (AvgIpc) is 3.14. The van der Waals surface area contributed by atoms with Crippen molar-refractivity contribution in [2.75, 3.05) is 36.9 Å². The third-order valence-electron chi connectivity index (χ3n) is 3.86. The highest BCUT2D eigenvalue weighted by Gasteiger charge is 2.15. The number of pyridine rings is 1. The smallest absolute Gasteiger partial charge is 0.225 e. The number of ether oxygens (including phenoxy) is 1. The minimum atomic E-state index is 0.140. The van der Waals surface area contributed by atoms with E-state index in [4.69, 9.17) is 9.84 Å². The van der Waals surface area contributed by atoms with Crippen molar-refractivity contribution in [2.45, 2.75) is 25.4 Å². The number of aliphatic hydroxyl groups is 1. The summed E-state index contributed by atoms with van der Waals surface area (Å²) < 4.78 is 5.64. The van der Waals surface area contributed by atoms with Gasteiger partial charge in [0.1, 0.15) is 5.82 Å². The summed E-state index contributed by atoms with van der Waals surface area (Å²) in [5, 5.41) is 15.4. The van der Waals surface area contributed by atoms with Crippen LogP contribution in [0.3, 0.4) is 0 Å². The molecule has 0 radical (unpaired) electrons. The van der Waals surface area contributed by atoms with Gasteiger partial charge in [-0.15, -0.1) is 0 Å². The molecule has 3 rings (SSSR count). The van der Waals surface area contributed by atoms with Crippen LogP contribution in [0.1, 0.15) is 19.3 Å². The largest absolute Gasteiger partial charge is 0.396 e. The summed E-state index contributed by atoms with van der Waals surface area (Å²) in [4.78, 5) is 13.1. The Bertz CT molecular complexity index is 632. The lowest BCUT2D eigenvalue weighted by atomic mass is 10.2. The molecule has 1 saturated heterocycles. The van der Waals surface area contributed by atoms with Gasteiger partial charge in [0.2, 0.25) is 5.95 Å². The van der Waals surface area contributed by atoms with Crippen LogP contribution in [0.15, 0.2) is 30.6 Å². The summed E-state index contributed by atoms with van der Waals surface area (Å²) >= 11 is 0. The van der Waals surface area contributed by atoms with E-state index >= 15 is 0 Å². The SMILES string of the molecule is OCCCNc1nc(NC[C@H]2CCCO2)cc(-c2ccncc2)n1. The van der Waals surface area contributed by atoms with Gasteiger partial charge in [-0.1, -0.05) is 0 Å². The Morgan fingerprint density at radius 1 is 1.21 bits per heavy atom. The molecule has 0 spiro atoms. The van der Waals surface area contributed by atoms with Crippen molar-refractivity contribution >= 4 is 11.8 Å². The lowest BCUT2D eigenvalue weighted by molar-refractivity contribution is 0.120. The maximum atomic E-state index is 8.92. The van der Waals surface area contributed by atoms with Crippen LogP contribution >= 0.6 is 0 Å². The number of anilines is 2. The van der Waals surface area contributed by atoms with E-state index in [0.29, 0.717) is 18.9 Å². The zero-order valence-electron chi connectivity index (χ0n) is 13.6. The molecule has 0 bridgehead atoms. The highest BCUT2D eigenvalue weighted by Crippen LogP contribution is 2.21. The van der Waals surface area contributed by atoms with E-state index in [1.807, 2.05) is 18.2 Å². The van der Waals surface area contributed by atoms with Crippen molar-refractivity contribution in [3.8, 4) is 11.3 Å². The molecular weight excluding hydrogens is 306 g/mol. The fourth-order valence-corrected chi connectivity index (χ4v) is 2.59. The van der Waals surface area contributed by atoms with Gasteiger partial charge in [0.05, 0.1) is 11.8 Å². The van der Waals surface area contributed by atoms with Gasteiger partial charge in [0, 0.05) is 50.3 Å². The van der Waals surface area contributed by atoms with E-state index in [1.54, 1.807) is 12.4 Å². The van der Waals surface area contributed by atoms with Gasteiger partial charge >= 0.3 is 0 Å². The van der Waals surface area contributed by atoms with Crippen molar-refractivity contribution in [1.82, 2.24) is 15.0 Å². The molecule has 2 aromatic rings. The highest BCUT2D eigenvalue weighted by atomic mass is 16.5. The Kier molecular flexibility index (Phi) is 5.92. The minimum absolute atomic E-state index is 0.140. The fourth-order valence-electron chi connectivity index (χ4n) is 2.59. The molecule has 24 heavy (non-hydrogen) atoms. The predicted molar refractivity (Wildman–Crippen MR) is 92.9 cm³/mol. The molecule has 1 aliphatic rings. The number of rotatable bonds is 8. The quantitative estimate of drug-likeness (QED) is 0.637. The minimum Gasteiger partial charge on any atom is -0.396 e. The van der Waals surface area contributed by atoms with Crippen LogP contribution in [-0.4, -0.2) is 52.5 Å². The van der Waals surface area contributed by atoms with E-state index in [-0.39, 0.29) is 12.7 Å². The van der Waals surface area contributed by atoms with Gasteiger partial charge in [-0.05, 0) is 31.4 Å². The molecule has 1 aliphatic heterocycles. The van der Waals surface area contributed by atoms with Crippen molar-refractivity contribution in [3.63, 3.8) is 0 Å². The zero-order valence-corrected chi connectivity index (χ0v) is 13.6. The molecular formula is C17H23N5O2. The second kappa shape index (κ2) is 8.56. The average molecular weight is 329 g/mol. The summed E-state index contributed by atoms with van der Waals surface area (Å²) in [6.45, 7) is 2.35. The van der Waals surface area contributed by atoms with Crippen LogP contribution in [0.5, 0.6) is 0 Å². The Labute approximate surface area is 141 Å². The molecule has 0 saturated carbocycles. The van der Waals surface area contributed by atoms with Gasteiger partial charge < -0.3 is 20.5 Å². The second-order valence-electron chi connectivity index (χ2n) is 5.72. The molecule has 128 valence electrons. The fraction of sp³-hybridized carbons (Fsp3) is 0.471. The number of aromatic nitrogens is 3. The Morgan fingerprint density at radius 2 is 2.08 bits per heavy atom. The maximum absolute atomic E-state index is 8.92. The van der Waals surface area contributed by atoms with Gasteiger partial charge in [0.25, 0.3) is 0 Å². The Morgan fingerprint density at radius 3 is 2.83 bits per heavy atom. The molecule has 1 atom stereocenters. The molecule has 0 unspecified atom stereocenters. The van der Waals surface area contributed by atoms with Crippen molar-refractivity contribution in [2.24, 2.45) is 0 Å².